The number of rotatable bonds is 5. The Morgan fingerprint density at radius 1 is 1.00 bits per heavy atom. The van der Waals surface area contributed by atoms with E-state index in [2.05, 4.69) is 9.97 Å². The second kappa shape index (κ2) is 6.01. The van der Waals surface area contributed by atoms with Crippen LogP contribution in [0.15, 0.2) is 30.6 Å². The molecule has 0 saturated heterocycles. The van der Waals surface area contributed by atoms with Crippen LogP contribution in [0, 0.1) is 0 Å². The van der Waals surface area contributed by atoms with Crippen molar-refractivity contribution in [3.05, 3.63) is 41.9 Å². The van der Waals surface area contributed by atoms with E-state index in [9.17, 15) is 4.79 Å². The van der Waals surface area contributed by atoms with Crippen molar-refractivity contribution in [3.63, 3.8) is 0 Å². The number of ether oxygens (including phenoxy) is 3. The second-order valence-electron chi connectivity index (χ2n) is 3.84. The van der Waals surface area contributed by atoms with Gasteiger partial charge in [-0.25, -0.2) is 9.97 Å². The van der Waals surface area contributed by atoms with Crippen LogP contribution >= 0.6 is 0 Å². The minimum atomic E-state index is -0.273. The van der Waals surface area contributed by atoms with E-state index in [-0.39, 0.29) is 11.5 Å². The minimum absolute atomic E-state index is 0.236. The first kappa shape index (κ1) is 13.8. The van der Waals surface area contributed by atoms with Gasteiger partial charge in [0.2, 0.25) is 11.7 Å². The summed E-state index contributed by atoms with van der Waals surface area (Å²) in [7, 11) is 4.52. The summed E-state index contributed by atoms with van der Waals surface area (Å²) in [5, 5.41) is 0. The standard InChI is InChI=1S/C14H14N2O4/c1-18-9-4-5-10(12(6-9)19-2)14(17)11-7-13(20-3)16-8-15-11/h4-8H,1-3H3. The molecule has 0 saturated carbocycles. The van der Waals surface area contributed by atoms with Gasteiger partial charge in [-0.3, -0.25) is 4.79 Å². The average molecular weight is 274 g/mol. The molecule has 2 aromatic rings. The van der Waals surface area contributed by atoms with Gasteiger partial charge in [0.25, 0.3) is 0 Å². The maximum absolute atomic E-state index is 12.4. The van der Waals surface area contributed by atoms with Crippen LogP contribution in [0.4, 0.5) is 0 Å². The van der Waals surface area contributed by atoms with Gasteiger partial charge in [-0.15, -0.1) is 0 Å². The zero-order valence-corrected chi connectivity index (χ0v) is 11.4. The van der Waals surface area contributed by atoms with Crippen molar-refractivity contribution in [2.45, 2.75) is 0 Å². The summed E-state index contributed by atoms with van der Waals surface area (Å²) in [6, 6.07) is 6.44. The lowest BCUT2D eigenvalue weighted by Crippen LogP contribution is -2.07. The zero-order valence-electron chi connectivity index (χ0n) is 11.4. The number of nitrogens with zero attached hydrogens (tertiary/aromatic N) is 2. The molecule has 0 aliphatic carbocycles. The molecule has 0 N–H and O–H groups in total. The van der Waals surface area contributed by atoms with Gasteiger partial charge in [0.05, 0.1) is 26.9 Å². The lowest BCUT2D eigenvalue weighted by Gasteiger charge is -2.09. The third-order valence-electron chi connectivity index (χ3n) is 2.74. The van der Waals surface area contributed by atoms with Crippen molar-refractivity contribution >= 4 is 5.78 Å². The fraction of sp³-hybridized carbons (Fsp3) is 0.214. The van der Waals surface area contributed by atoms with Crippen LogP contribution in [-0.4, -0.2) is 37.1 Å². The van der Waals surface area contributed by atoms with Gasteiger partial charge in [0.15, 0.2) is 0 Å². The molecule has 0 bridgehead atoms. The maximum Gasteiger partial charge on any atom is 0.216 e. The monoisotopic (exact) mass is 274 g/mol. The Bertz CT molecular complexity index is 628. The molecule has 1 aromatic heterocycles. The first-order valence-electron chi connectivity index (χ1n) is 5.82. The van der Waals surface area contributed by atoms with Crippen LogP contribution in [-0.2, 0) is 0 Å². The van der Waals surface area contributed by atoms with Gasteiger partial charge in [0, 0.05) is 12.1 Å². The van der Waals surface area contributed by atoms with Crippen molar-refractivity contribution in [1.29, 1.82) is 0 Å². The topological polar surface area (TPSA) is 70.5 Å². The zero-order chi connectivity index (χ0) is 14.5. The number of hydrogen-bond acceptors (Lipinski definition) is 6. The number of benzene rings is 1. The van der Waals surface area contributed by atoms with E-state index < -0.39 is 0 Å². The molecule has 0 fully saturated rings. The Kier molecular flexibility index (Phi) is 4.14. The highest BCUT2D eigenvalue weighted by atomic mass is 16.5. The van der Waals surface area contributed by atoms with Gasteiger partial charge in [-0.05, 0) is 12.1 Å². The Labute approximate surface area is 116 Å². The number of hydrogen-bond donors (Lipinski definition) is 0. The Morgan fingerprint density at radius 3 is 2.45 bits per heavy atom. The van der Waals surface area contributed by atoms with Gasteiger partial charge < -0.3 is 14.2 Å². The minimum Gasteiger partial charge on any atom is -0.497 e. The van der Waals surface area contributed by atoms with Crippen molar-refractivity contribution in [1.82, 2.24) is 9.97 Å². The molecule has 1 heterocycles. The highest BCUT2D eigenvalue weighted by molar-refractivity contribution is 6.09. The Hall–Kier alpha value is -2.63. The van der Waals surface area contributed by atoms with Crippen LogP contribution in [0.1, 0.15) is 16.1 Å². The van der Waals surface area contributed by atoms with Crippen LogP contribution in [0.3, 0.4) is 0 Å². The van der Waals surface area contributed by atoms with E-state index in [1.807, 2.05) is 0 Å². The molecule has 6 heteroatoms. The number of aromatic nitrogens is 2. The SMILES string of the molecule is COc1ccc(C(=O)c2cc(OC)ncn2)c(OC)c1. The molecule has 0 spiro atoms. The van der Waals surface area contributed by atoms with E-state index >= 15 is 0 Å². The van der Waals surface area contributed by atoms with E-state index in [4.69, 9.17) is 14.2 Å². The molecular weight excluding hydrogens is 260 g/mol. The van der Waals surface area contributed by atoms with Crippen molar-refractivity contribution < 1.29 is 19.0 Å². The molecule has 0 atom stereocenters. The summed E-state index contributed by atoms with van der Waals surface area (Å²) in [5.41, 5.74) is 0.634. The number of ketones is 1. The first-order chi connectivity index (χ1) is 9.69. The highest BCUT2D eigenvalue weighted by Gasteiger charge is 2.17. The predicted octanol–water partition coefficient (Wildman–Crippen LogP) is 1.73. The highest BCUT2D eigenvalue weighted by Crippen LogP contribution is 2.26. The summed E-state index contributed by atoms with van der Waals surface area (Å²) in [4.78, 5) is 20.2. The first-order valence-corrected chi connectivity index (χ1v) is 5.82. The predicted molar refractivity (Wildman–Crippen MR) is 71.6 cm³/mol. The van der Waals surface area contributed by atoms with Crippen molar-refractivity contribution in [3.8, 4) is 17.4 Å². The molecule has 0 aliphatic heterocycles. The van der Waals surface area contributed by atoms with E-state index in [0.29, 0.717) is 22.9 Å². The molecular formula is C14H14N2O4. The van der Waals surface area contributed by atoms with Crippen LogP contribution in [0.5, 0.6) is 17.4 Å². The summed E-state index contributed by atoms with van der Waals surface area (Å²) >= 11 is 0. The molecule has 0 radical (unpaired) electrons. The molecule has 20 heavy (non-hydrogen) atoms. The third-order valence-corrected chi connectivity index (χ3v) is 2.74. The largest absolute Gasteiger partial charge is 0.497 e. The Balaban J connectivity index is 2.42. The average Bonchev–Trinajstić information content (AvgIpc) is 2.53. The lowest BCUT2D eigenvalue weighted by atomic mass is 10.1. The van der Waals surface area contributed by atoms with E-state index in [1.165, 1.54) is 26.6 Å². The number of methoxy groups -OCH3 is 3. The molecule has 0 unspecified atom stereocenters. The van der Waals surface area contributed by atoms with Crippen molar-refractivity contribution in [2.24, 2.45) is 0 Å². The van der Waals surface area contributed by atoms with Crippen LogP contribution in [0.25, 0.3) is 0 Å². The van der Waals surface area contributed by atoms with Gasteiger partial charge in [-0.2, -0.15) is 0 Å². The molecule has 0 amide bonds. The fourth-order valence-electron chi connectivity index (χ4n) is 1.70. The van der Waals surface area contributed by atoms with Gasteiger partial charge in [-0.1, -0.05) is 0 Å². The summed E-state index contributed by atoms with van der Waals surface area (Å²) in [6.45, 7) is 0. The number of carbonyl (C=O) groups is 1. The summed E-state index contributed by atoms with van der Waals surface area (Å²) in [6.07, 6.45) is 1.28. The Morgan fingerprint density at radius 2 is 1.80 bits per heavy atom. The molecule has 2 rings (SSSR count). The molecule has 0 aliphatic rings. The van der Waals surface area contributed by atoms with E-state index in [1.54, 1.807) is 25.3 Å². The van der Waals surface area contributed by atoms with Gasteiger partial charge in [0.1, 0.15) is 23.5 Å². The molecule has 104 valence electrons. The van der Waals surface area contributed by atoms with E-state index in [0.717, 1.165) is 0 Å². The van der Waals surface area contributed by atoms with Crippen LogP contribution < -0.4 is 14.2 Å². The second-order valence-corrected chi connectivity index (χ2v) is 3.84. The lowest BCUT2D eigenvalue weighted by molar-refractivity contribution is 0.103. The number of carbonyl (C=O) groups excluding carboxylic acids is 1. The van der Waals surface area contributed by atoms with Crippen molar-refractivity contribution in [2.75, 3.05) is 21.3 Å². The summed E-state index contributed by atoms with van der Waals surface area (Å²) in [5.74, 6) is 1.09. The van der Waals surface area contributed by atoms with Gasteiger partial charge >= 0.3 is 0 Å². The molecule has 1 aromatic carbocycles. The normalized spacial score (nSPS) is 9.95. The molecule has 6 nitrogen and oxygen atoms in total. The maximum atomic E-state index is 12.4. The quantitative estimate of drug-likeness (QED) is 0.773. The summed E-state index contributed by atoms with van der Waals surface area (Å²) < 4.78 is 15.3. The fourth-order valence-corrected chi connectivity index (χ4v) is 1.70. The smallest absolute Gasteiger partial charge is 0.216 e. The third kappa shape index (κ3) is 2.69. The van der Waals surface area contributed by atoms with Crippen LogP contribution in [0.2, 0.25) is 0 Å².